The fraction of sp³-hybridized carbons (Fsp3) is 0.375. The smallest absolute Gasteiger partial charge is 0.107 e. The van der Waals surface area contributed by atoms with Crippen molar-refractivity contribution in [3.8, 4) is 11.3 Å². The van der Waals surface area contributed by atoms with Crippen LogP contribution in [-0.4, -0.2) is 29.8 Å². The Morgan fingerprint density at radius 3 is 2.38 bits per heavy atom. The summed E-state index contributed by atoms with van der Waals surface area (Å²) in [5.41, 5.74) is 8.98. The van der Waals surface area contributed by atoms with E-state index in [2.05, 4.69) is 0 Å². The van der Waals surface area contributed by atoms with Gasteiger partial charge >= 0.3 is 0 Å². The molecule has 0 aliphatic carbocycles. The molecular weight excluding hydrogens is 271 g/mol. The second-order valence-corrected chi connectivity index (χ2v) is 4.97. The van der Waals surface area contributed by atoms with Crippen molar-refractivity contribution in [3.05, 3.63) is 47.7 Å². The van der Waals surface area contributed by atoms with Crippen molar-refractivity contribution < 1.29 is 14.3 Å². The van der Waals surface area contributed by atoms with Gasteiger partial charge in [0, 0.05) is 12.7 Å². The molecule has 1 aromatic heterocycles. The lowest BCUT2D eigenvalue weighted by molar-refractivity contribution is 0.0721. The normalized spacial score (nSPS) is 14.1. The highest BCUT2D eigenvalue weighted by Crippen LogP contribution is 2.26. The zero-order valence-corrected chi connectivity index (χ0v) is 12.3. The number of aryl methyl sites for hydroxylation is 1. The first kappa shape index (κ1) is 15.5. The maximum atomic E-state index is 12.7. The number of benzene rings is 1. The van der Waals surface area contributed by atoms with Crippen molar-refractivity contribution in [1.29, 1.82) is 0 Å². The first-order valence-electron chi connectivity index (χ1n) is 6.96. The van der Waals surface area contributed by atoms with Crippen LogP contribution in [0.15, 0.2) is 36.4 Å². The van der Waals surface area contributed by atoms with Gasteiger partial charge in [0.25, 0.3) is 0 Å². The van der Waals surface area contributed by atoms with Crippen molar-refractivity contribution in [2.24, 2.45) is 5.73 Å². The van der Waals surface area contributed by atoms with Crippen LogP contribution in [-0.2, 0) is 11.2 Å². The van der Waals surface area contributed by atoms with Gasteiger partial charge in [-0.1, -0.05) is 31.2 Å². The molecule has 0 fully saturated rings. The lowest BCUT2D eigenvalue weighted by atomic mass is 10.0. The Labute approximate surface area is 123 Å². The summed E-state index contributed by atoms with van der Waals surface area (Å²) in [4.78, 5) is 0. The molecule has 2 atom stereocenters. The van der Waals surface area contributed by atoms with Crippen molar-refractivity contribution in [1.82, 2.24) is 4.73 Å². The van der Waals surface area contributed by atoms with Crippen LogP contribution in [0.25, 0.3) is 11.3 Å². The van der Waals surface area contributed by atoms with E-state index in [4.69, 9.17) is 10.5 Å². The van der Waals surface area contributed by atoms with E-state index in [0.29, 0.717) is 0 Å². The zero-order valence-electron chi connectivity index (χ0n) is 12.3. The summed E-state index contributed by atoms with van der Waals surface area (Å²) in [6, 6.07) is 10.5. The molecule has 0 bridgehead atoms. The molecule has 0 radical (unpaired) electrons. The molecule has 0 aliphatic rings. The Morgan fingerprint density at radius 1 is 1.24 bits per heavy atom. The first-order valence-corrected chi connectivity index (χ1v) is 6.96. The van der Waals surface area contributed by atoms with Gasteiger partial charge in [-0.15, -0.1) is 0 Å². The molecule has 0 amide bonds. The maximum Gasteiger partial charge on any atom is 0.107 e. The molecule has 21 heavy (non-hydrogen) atoms. The first-order chi connectivity index (χ1) is 10.1. The summed E-state index contributed by atoms with van der Waals surface area (Å²) in [7, 11) is 1.51. The maximum absolute atomic E-state index is 12.7. The van der Waals surface area contributed by atoms with Gasteiger partial charge in [0.15, 0.2) is 0 Å². The molecule has 2 rings (SSSR count). The number of methoxy groups -OCH3 is 1. The Kier molecular flexibility index (Phi) is 4.98. The van der Waals surface area contributed by atoms with E-state index in [0.717, 1.165) is 28.9 Å². The van der Waals surface area contributed by atoms with E-state index in [9.17, 15) is 9.60 Å². The summed E-state index contributed by atoms with van der Waals surface area (Å²) >= 11 is 0. The van der Waals surface area contributed by atoms with Gasteiger partial charge in [-0.25, -0.2) is 4.39 Å². The number of nitrogens with zero attached hydrogens (tertiary/aromatic N) is 1. The number of halogens is 1. The highest BCUT2D eigenvalue weighted by molar-refractivity contribution is 5.61. The van der Waals surface area contributed by atoms with E-state index in [1.54, 1.807) is 0 Å². The SMILES string of the molecule is CCc1ccc(-c2ccc(C(OC)C(N)CF)cc2)n1O. The van der Waals surface area contributed by atoms with Crippen LogP contribution in [0.4, 0.5) is 4.39 Å². The Hall–Kier alpha value is -1.85. The molecule has 1 heterocycles. The minimum absolute atomic E-state index is 0.476. The van der Waals surface area contributed by atoms with Gasteiger partial charge in [0.2, 0.25) is 0 Å². The number of hydrogen-bond acceptors (Lipinski definition) is 3. The molecule has 5 heteroatoms. The molecule has 2 aromatic rings. The molecule has 1 aromatic carbocycles. The third-order valence-electron chi connectivity index (χ3n) is 3.65. The molecule has 0 spiro atoms. The second-order valence-electron chi connectivity index (χ2n) is 4.97. The van der Waals surface area contributed by atoms with Crippen LogP contribution >= 0.6 is 0 Å². The number of ether oxygens (including phenoxy) is 1. The van der Waals surface area contributed by atoms with Crippen LogP contribution in [0.1, 0.15) is 24.3 Å². The van der Waals surface area contributed by atoms with Gasteiger partial charge in [-0.2, -0.15) is 4.73 Å². The lowest BCUT2D eigenvalue weighted by Gasteiger charge is -2.20. The Morgan fingerprint density at radius 2 is 1.90 bits per heavy atom. The number of hydrogen-bond donors (Lipinski definition) is 2. The predicted octanol–water partition coefficient (Wildman–Crippen LogP) is 2.94. The van der Waals surface area contributed by atoms with E-state index >= 15 is 0 Å². The molecule has 0 saturated heterocycles. The molecule has 2 unspecified atom stereocenters. The predicted molar refractivity (Wildman–Crippen MR) is 80.1 cm³/mol. The third-order valence-corrected chi connectivity index (χ3v) is 3.65. The van der Waals surface area contributed by atoms with Crippen molar-refractivity contribution in [2.75, 3.05) is 13.8 Å². The van der Waals surface area contributed by atoms with Gasteiger partial charge in [0.1, 0.15) is 6.67 Å². The van der Waals surface area contributed by atoms with Crippen LogP contribution in [0.3, 0.4) is 0 Å². The lowest BCUT2D eigenvalue weighted by Crippen LogP contribution is -2.31. The zero-order chi connectivity index (χ0) is 15.4. The summed E-state index contributed by atoms with van der Waals surface area (Å²) in [6.45, 7) is 1.34. The average Bonchev–Trinajstić information content (AvgIpc) is 2.89. The van der Waals surface area contributed by atoms with E-state index in [1.165, 1.54) is 11.8 Å². The molecule has 0 aliphatic heterocycles. The standard InChI is InChI=1S/C16H21FN2O2/c1-3-13-8-9-15(19(13)20)11-4-6-12(7-5-11)16(21-2)14(18)10-17/h4-9,14,16,20H,3,10,18H2,1-2H3. The fourth-order valence-electron chi connectivity index (χ4n) is 2.44. The van der Waals surface area contributed by atoms with Crippen molar-refractivity contribution in [2.45, 2.75) is 25.5 Å². The number of alkyl halides is 1. The summed E-state index contributed by atoms with van der Waals surface area (Å²) in [5, 5.41) is 10.1. The average molecular weight is 292 g/mol. The van der Waals surface area contributed by atoms with E-state index in [1.807, 2.05) is 43.3 Å². The van der Waals surface area contributed by atoms with Crippen molar-refractivity contribution in [3.63, 3.8) is 0 Å². The van der Waals surface area contributed by atoms with E-state index in [-0.39, 0.29) is 0 Å². The van der Waals surface area contributed by atoms with Gasteiger partial charge < -0.3 is 15.7 Å². The number of nitrogens with two attached hydrogens (primary N) is 1. The van der Waals surface area contributed by atoms with Crippen LogP contribution in [0.5, 0.6) is 0 Å². The van der Waals surface area contributed by atoms with Crippen LogP contribution < -0.4 is 5.73 Å². The Bertz CT molecular complexity index is 580. The number of aromatic nitrogens is 1. The highest BCUT2D eigenvalue weighted by Gasteiger charge is 2.19. The molecular formula is C16H21FN2O2. The minimum atomic E-state index is -0.686. The molecule has 0 saturated carbocycles. The molecule has 4 nitrogen and oxygen atoms in total. The van der Waals surface area contributed by atoms with Crippen LogP contribution in [0, 0.1) is 0 Å². The second kappa shape index (κ2) is 6.74. The van der Waals surface area contributed by atoms with Gasteiger partial charge in [-0.05, 0) is 24.1 Å². The molecule has 114 valence electrons. The van der Waals surface area contributed by atoms with Gasteiger partial charge in [-0.3, -0.25) is 0 Å². The summed E-state index contributed by atoms with van der Waals surface area (Å²) in [5.74, 6) is 0. The van der Waals surface area contributed by atoms with Crippen LogP contribution in [0.2, 0.25) is 0 Å². The fourth-order valence-corrected chi connectivity index (χ4v) is 2.44. The third kappa shape index (κ3) is 3.09. The summed E-state index contributed by atoms with van der Waals surface area (Å²) < 4.78 is 19.2. The quantitative estimate of drug-likeness (QED) is 0.805. The topological polar surface area (TPSA) is 60.4 Å². The van der Waals surface area contributed by atoms with E-state index < -0.39 is 18.8 Å². The van der Waals surface area contributed by atoms with Crippen molar-refractivity contribution >= 4 is 0 Å². The number of rotatable bonds is 6. The Balaban J connectivity index is 2.27. The minimum Gasteiger partial charge on any atom is -0.428 e. The van der Waals surface area contributed by atoms with Gasteiger partial charge in [0.05, 0.1) is 23.5 Å². The summed E-state index contributed by atoms with van der Waals surface area (Å²) in [6.07, 6.45) is 0.280. The largest absolute Gasteiger partial charge is 0.428 e. The monoisotopic (exact) mass is 292 g/mol. The highest BCUT2D eigenvalue weighted by atomic mass is 19.1. The molecule has 3 N–H and O–H groups in total.